The van der Waals surface area contributed by atoms with Gasteiger partial charge < -0.3 is 15.4 Å². The van der Waals surface area contributed by atoms with Crippen LogP contribution in [0.3, 0.4) is 0 Å². The van der Waals surface area contributed by atoms with Gasteiger partial charge in [-0.1, -0.05) is 26.2 Å². The van der Waals surface area contributed by atoms with Crippen LogP contribution in [-0.2, 0) is 9.59 Å². The first-order valence-electron chi connectivity index (χ1n) is 7.35. The molecule has 21 heavy (non-hydrogen) atoms. The first-order chi connectivity index (χ1) is 10.0. The van der Waals surface area contributed by atoms with E-state index in [1.54, 1.807) is 18.2 Å². The molecule has 1 aromatic carbocycles. The number of carbonyl (C=O) groups excluding carboxylic acids is 2. The summed E-state index contributed by atoms with van der Waals surface area (Å²) in [5, 5.41) is 5.43. The monoisotopic (exact) mass is 292 g/mol. The van der Waals surface area contributed by atoms with Gasteiger partial charge in [-0.3, -0.25) is 9.59 Å². The molecule has 5 nitrogen and oxygen atoms in total. The molecule has 0 heterocycles. The van der Waals surface area contributed by atoms with Crippen LogP contribution in [0.15, 0.2) is 18.2 Å². The summed E-state index contributed by atoms with van der Waals surface area (Å²) in [6.07, 6.45) is 4.46. The third kappa shape index (κ3) is 6.79. The van der Waals surface area contributed by atoms with Crippen LogP contribution in [0.5, 0.6) is 5.75 Å². The molecule has 1 aromatic rings. The fourth-order valence-electron chi connectivity index (χ4n) is 1.93. The van der Waals surface area contributed by atoms with E-state index in [0.717, 1.165) is 12.8 Å². The molecule has 0 saturated carbocycles. The van der Waals surface area contributed by atoms with Crippen molar-refractivity contribution >= 4 is 23.2 Å². The van der Waals surface area contributed by atoms with E-state index in [1.807, 2.05) is 0 Å². The van der Waals surface area contributed by atoms with E-state index < -0.39 is 0 Å². The summed E-state index contributed by atoms with van der Waals surface area (Å²) in [5.41, 5.74) is 1.27. The van der Waals surface area contributed by atoms with Crippen molar-refractivity contribution in [2.45, 2.75) is 46.5 Å². The van der Waals surface area contributed by atoms with Crippen molar-refractivity contribution in [1.82, 2.24) is 0 Å². The van der Waals surface area contributed by atoms with Crippen molar-refractivity contribution in [3.8, 4) is 5.75 Å². The summed E-state index contributed by atoms with van der Waals surface area (Å²) in [6.45, 7) is 5.66. The van der Waals surface area contributed by atoms with Crippen molar-refractivity contribution in [2.24, 2.45) is 0 Å². The van der Waals surface area contributed by atoms with E-state index in [2.05, 4.69) is 17.6 Å². The molecule has 2 N–H and O–H groups in total. The number of unbranched alkanes of at least 4 members (excludes halogenated alkanes) is 3. The second kappa shape index (κ2) is 9.00. The topological polar surface area (TPSA) is 67.4 Å². The standard InChI is InChI=1S/C16H24N2O3/c1-4-5-6-7-10-21-16-11-14(17-12(2)19)8-9-15(16)18-13(3)20/h8-9,11H,4-7,10H2,1-3H3,(H,17,19)(H,18,20). The molecule has 0 aliphatic heterocycles. The van der Waals surface area contributed by atoms with Gasteiger partial charge in [-0.2, -0.15) is 0 Å². The van der Waals surface area contributed by atoms with Crippen molar-refractivity contribution in [3.05, 3.63) is 18.2 Å². The average Bonchev–Trinajstić information content (AvgIpc) is 2.40. The highest BCUT2D eigenvalue weighted by Crippen LogP contribution is 2.28. The third-order valence-corrected chi connectivity index (χ3v) is 2.87. The molecule has 0 radical (unpaired) electrons. The van der Waals surface area contributed by atoms with E-state index in [9.17, 15) is 9.59 Å². The summed E-state index contributed by atoms with van der Waals surface area (Å²) in [4.78, 5) is 22.3. The third-order valence-electron chi connectivity index (χ3n) is 2.87. The van der Waals surface area contributed by atoms with Gasteiger partial charge >= 0.3 is 0 Å². The molecule has 0 aliphatic rings. The Morgan fingerprint density at radius 2 is 1.76 bits per heavy atom. The van der Waals surface area contributed by atoms with Gasteiger partial charge in [0.1, 0.15) is 5.75 Å². The Labute approximate surface area is 126 Å². The fourth-order valence-corrected chi connectivity index (χ4v) is 1.93. The smallest absolute Gasteiger partial charge is 0.221 e. The second-order valence-corrected chi connectivity index (χ2v) is 4.98. The normalized spacial score (nSPS) is 10.0. The number of hydrogen-bond donors (Lipinski definition) is 2. The van der Waals surface area contributed by atoms with Gasteiger partial charge in [0.15, 0.2) is 0 Å². The summed E-state index contributed by atoms with van der Waals surface area (Å²) < 4.78 is 5.74. The number of benzene rings is 1. The second-order valence-electron chi connectivity index (χ2n) is 4.98. The summed E-state index contributed by atoms with van der Waals surface area (Å²) in [7, 11) is 0. The summed E-state index contributed by atoms with van der Waals surface area (Å²) in [6, 6.07) is 5.19. The van der Waals surface area contributed by atoms with Gasteiger partial charge in [0.2, 0.25) is 11.8 Å². The molecule has 0 aromatic heterocycles. The molecule has 0 unspecified atom stereocenters. The molecule has 0 saturated heterocycles. The molecule has 5 heteroatoms. The summed E-state index contributed by atoms with van der Waals surface area (Å²) in [5.74, 6) is 0.280. The number of carbonyl (C=O) groups is 2. The largest absolute Gasteiger partial charge is 0.491 e. The Balaban J connectivity index is 2.73. The summed E-state index contributed by atoms with van der Waals surface area (Å²) >= 11 is 0. The predicted molar refractivity (Wildman–Crippen MR) is 84.7 cm³/mol. The van der Waals surface area contributed by atoms with E-state index in [4.69, 9.17) is 4.74 Å². The maximum Gasteiger partial charge on any atom is 0.221 e. The van der Waals surface area contributed by atoms with Crippen LogP contribution in [0.1, 0.15) is 46.5 Å². The van der Waals surface area contributed by atoms with E-state index >= 15 is 0 Å². The molecule has 1 rings (SSSR count). The quantitative estimate of drug-likeness (QED) is 0.720. The fraction of sp³-hybridized carbons (Fsp3) is 0.500. The SMILES string of the molecule is CCCCCCOc1cc(NC(C)=O)ccc1NC(C)=O. The maximum absolute atomic E-state index is 11.2. The van der Waals surface area contributed by atoms with Crippen molar-refractivity contribution in [2.75, 3.05) is 17.2 Å². The lowest BCUT2D eigenvalue weighted by Crippen LogP contribution is -2.10. The highest BCUT2D eigenvalue weighted by atomic mass is 16.5. The molecular weight excluding hydrogens is 268 g/mol. The van der Waals surface area contributed by atoms with Crippen molar-refractivity contribution < 1.29 is 14.3 Å². The van der Waals surface area contributed by atoms with Crippen LogP contribution < -0.4 is 15.4 Å². The van der Waals surface area contributed by atoms with Gasteiger partial charge in [-0.25, -0.2) is 0 Å². The van der Waals surface area contributed by atoms with Crippen LogP contribution in [0, 0.1) is 0 Å². The highest BCUT2D eigenvalue weighted by Gasteiger charge is 2.08. The maximum atomic E-state index is 11.2. The number of anilines is 2. The van der Waals surface area contributed by atoms with E-state index in [1.165, 1.54) is 26.7 Å². The number of amides is 2. The van der Waals surface area contributed by atoms with Crippen LogP contribution in [-0.4, -0.2) is 18.4 Å². The Bertz CT molecular complexity index is 486. The molecule has 0 spiro atoms. The number of ether oxygens (including phenoxy) is 1. The van der Waals surface area contributed by atoms with E-state index in [-0.39, 0.29) is 11.8 Å². The van der Waals surface area contributed by atoms with Crippen LogP contribution >= 0.6 is 0 Å². The van der Waals surface area contributed by atoms with Crippen LogP contribution in [0.4, 0.5) is 11.4 Å². The van der Waals surface area contributed by atoms with Crippen LogP contribution in [0.25, 0.3) is 0 Å². The molecule has 116 valence electrons. The first-order valence-corrected chi connectivity index (χ1v) is 7.35. The van der Waals surface area contributed by atoms with Gasteiger partial charge in [-0.15, -0.1) is 0 Å². The minimum Gasteiger partial charge on any atom is -0.491 e. The molecule has 0 fully saturated rings. The highest BCUT2D eigenvalue weighted by molar-refractivity contribution is 5.92. The van der Waals surface area contributed by atoms with Crippen LogP contribution in [0.2, 0.25) is 0 Å². The Kier molecular flexibility index (Phi) is 7.29. The van der Waals surface area contributed by atoms with Gasteiger partial charge in [0.25, 0.3) is 0 Å². The van der Waals surface area contributed by atoms with Crippen molar-refractivity contribution in [3.63, 3.8) is 0 Å². The Hall–Kier alpha value is -2.04. The number of rotatable bonds is 8. The lowest BCUT2D eigenvalue weighted by atomic mass is 10.2. The number of hydrogen-bond acceptors (Lipinski definition) is 3. The molecule has 0 aliphatic carbocycles. The molecular formula is C16H24N2O3. The van der Waals surface area contributed by atoms with Gasteiger partial charge in [-0.05, 0) is 18.6 Å². The van der Waals surface area contributed by atoms with Gasteiger partial charge in [0.05, 0.1) is 12.3 Å². The first kappa shape index (κ1) is 17.0. The zero-order chi connectivity index (χ0) is 15.7. The molecule has 0 atom stereocenters. The van der Waals surface area contributed by atoms with Gasteiger partial charge in [0, 0.05) is 25.6 Å². The zero-order valence-electron chi connectivity index (χ0n) is 13.0. The minimum absolute atomic E-state index is 0.142. The average molecular weight is 292 g/mol. The molecule has 0 bridgehead atoms. The minimum atomic E-state index is -0.155. The lowest BCUT2D eigenvalue weighted by Gasteiger charge is -2.13. The predicted octanol–water partition coefficient (Wildman–Crippen LogP) is 3.56. The molecule has 2 amide bonds. The number of nitrogens with one attached hydrogen (secondary N) is 2. The Morgan fingerprint density at radius 3 is 2.38 bits per heavy atom. The van der Waals surface area contributed by atoms with Crippen molar-refractivity contribution in [1.29, 1.82) is 0 Å². The Morgan fingerprint density at radius 1 is 1.05 bits per heavy atom. The van der Waals surface area contributed by atoms with E-state index in [0.29, 0.717) is 23.7 Å². The lowest BCUT2D eigenvalue weighted by molar-refractivity contribution is -0.115. The zero-order valence-corrected chi connectivity index (χ0v) is 13.0.